The highest BCUT2D eigenvalue weighted by Crippen LogP contribution is 2.55. The van der Waals surface area contributed by atoms with Crippen LogP contribution < -0.4 is 4.90 Å². The van der Waals surface area contributed by atoms with Gasteiger partial charge in [0.05, 0.1) is 11.3 Å². The van der Waals surface area contributed by atoms with Crippen molar-refractivity contribution in [2.24, 2.45) is 5.92 Å². The van der Waals surface area contributed by atoms with E-state index in [1.165, 1.54) is 23.8 Å². The minimum absolute atomic E-state index is 0.225. The number of benzene rings is 1. The van der Waals surface area contributed by atoms with E-state index in [9.17, 15) is 13.2 Å². The van der Waals surface area contributed by atoms with Crippen LogP contribution in [0.3, 0.4) is 0 Å². The van der Waals surface area contributed by atoms with Gasteiger partial charge in [0.15, 0.2) is 5.13 Å². The van der Waals surface area contributed by atoms with E-state index in [-0.39, 0.29) is 5.92 Å². The molecule has 7 heteroatoms. The Morgan fingerprint density at radius 2 is 1.90 bits per heavy atom. The number of thiol groups is 1. The number of allylic oxidation sites excluding steroid dienone is 3. The van der Waals surface area contributed by atoms with Crippen molar-refractivity contribution in [3.63, 3.8) is 0 Å². The van der Waals surface area contributed by atoms with Crippen LogP contribution in [0, 0.1) is 5.92 Å². The summed E-state index contributed by atoms with van der Waals surface area (Å²) in [7, 11) is -1.08. The molecular weight excluding hydrogens is 413 g/mol. The largest absolute Gasteiger partial charge is 0.417 e. The summed E-state index contributed by atoms with van der Waals surface area (Å²) in [5.74, 6) is 0.225. The maximum Gasteiger partial charge on any atom is 0.417 e. The molecule has 0 bridgehead atoms. The zero-order valence-electron chi connectivity index (χ0n) is 16.5. The zero-order valence-corrected chi connectivity index (χ0v) is 18.2. The second kappa shape index (κ2) is 8.19. The summed E-state index contributed by atoms with van der Waals surface area (Å²) in [5, 5.41) is 4.71. The molecule has 29 heavy (non-hydrogen) atoms. The number of rotatable bonds is 4. The molecule has 1 atom stereocenters. The number of hydrogen-bond donors (Lipinski definition) is 1. The number of hydrogen-bond acceptors (Lipinski definition) is 3. The second-order valence-electron chi connectivity index (χ2n) is 7.75. The summed E-state index contributed by atoms with van der Waals surface area (Å²) < 4.78 is 41.9. The van der Waals surface area contributed by atoms with Crippen LogP contribution in [0.15, 0.2) is 50.9 Å². The third-order valence-corrected chi connectivity index (χ3v) is 8.85. The van der Waals surface area contributed by atoms with E-state index >= 15 is 0 Å². The van der Waals surface area contributed by atoms with E-state index in [0.717, 1.165) is 36.0 Å². The quantitative estimate of drug-likeness (QED) is 0.506. The molecule has 1 unspecified atom stereocenters. The maximum absolute atomic E-state index is 14.0. The van der Waals surface area contributed by atoms with E-state index in [4.69, 9.17) is 0 Å². The Hall–Kier alpha value is -1.73. The Kier molecular flexibility index (Phi) is 5.80. The van der Waals surface area contributed by atoms with Crippen LogP contribution in [0.5, 0.6) is 0 Å². The van der Waals surface area contributed by atoms with E-state index < -0.39 is 22.6 Å². The standard InChI is InChI=1S/C22H25F3N2S2/c1-15(2)19-7-6-12-29(19)20-9-8-16(13-17(20)22(23,24)25)18-14-28-21(26-18)27-10-4-3-5-11-27/h6-9,12-15,29H,3-5,10-11H2,1-2H3. The molecule has 1 aromatic heterocycles. The van der Waals surface area contributed by atoms with Gasteiger partial charge in [-0.05, 0) is 47.6 Å². The van der Waals surface area contributed by atoms with Gasteiger partial charge in [-0.15, -0.1) is 11.3 Å². The predicted molar refractivity (Wildman–Crippen MR) is 118 cm³/mol. The maximum atomic E-state index is 14.0. The highest BCUT2D eigenvalue weighted by molar-refractivity contribution is 8.23. The van der Waals surface area contributed by atoms with Crippen LogP contribution in [-0.2, 0) is 6.18 Å². The number of halogens is 3. The van der Waals surface area contributed by atoms with Crippen molar-refractivity contribution in [2.45, 2.75) is 44.2 Å². The lowest BCUT2D eigenvalue weighted by Crippen LogP contribution is -2.29. The van der Waals surface area contributed by atoms with Crippen LogP contribution in [0.2, 0.25) is 0 Å². The smallest absolute Gasteiger partial charge is 0.348 e. The van der Waals surface area contributed by atoms with Gasteiger partial charge in [0.2, 0.25) is 0 Å². The van der Waals surface area contributed by atoms with Crippen molar-refractivity contribution in [1.82, 2.24) is 4.98 Å². The molecule has 156 valence electrons. The van der Waals surface area contributed by atoms with Crippen molar-refractivity contribution >= 4 is 27.4 Å². The minimum atomic E-state index is -4.39. The van der Waals surface area contributed by atoms with E-state index in [1.807, 2.05) is 36.8 Å². The van der Waals surface area contributed by atoms with Crippen molar-refractivity contribution in [1.29, 1.82) is 0 Å². The molecule has 3 heterocycles. The summed E-state index contributed by atoms with van der Waals surface area (Å²) >= 11 is 1.52. The Balaban J connectivity index is 1.69. The van der Waals surface area contributed by atoms with Crippen LogP contribution in [0.1, 0.15) is 38.7 Å². The molecule has 2 aliphatic heterocycles. The number of nitrogens with zero attached hydrogens (tertiary/aromatic N) is 2. The Bertz CT molecular complexity index is 938. The first-order chi connectivity index (χ1) is 13.8. The number of thiazole rings is 1. The normalized spacial score (nSPS) is 21.1. The molecule has 4 rings (SSSR count). The molecule has 0 radical (unpaired) electrons. The summed E-state index contributed by atoms with van der Waals surface area (Å²) in [6.45, 7) is 6.02. The van der Waals surface area contributed by atoms with Gasteiger partial charge in [0.1, 0.15) is 0 Å². The summed E-state index contributed by atoms with van der Waals surface area (Å²) in [4.78, 5) is 8.36. The molecule has 1 fully saturated rings. The van der Waals surface area contributed by atoms with Crippen LogP contribution in [0.25, 0.3) is 11.3 Å². The third kappa shape index (κ3) is 4.26. The van der Waals surface area contributed by atoms with Gasteiger partial charge in [0.25, 0.3) is 0 Å². The van der Waals surface area contributed by atoms with E-state index in [2.05, 4.69) is 9.88 Å². The first-order valence-corrected chi connectivity index (χ1v) is 12.2. The first kappa shape index (κ1) is 20.5. The third-order valence-electron chi connectivity index (χ3n) is 5.35. The number of anilines is 1. The fourth-order valence-electron chi connectivity index (χ4n) is 3.84. The van der Waals surface area contributed by atoms with E-state index in [1.54, 1.807) is 12.1 Å². The van der Waals surface area contributed by atoms with Crippen molar-refractivity contribution < 1.29 is 13.2 Å². The minimum Gasteiger partial charge on any atom is -0.348 e. The molecule has 1 aromatic carbocycles. The fraction of sp³-hybridized carbons (Fsp3) is 0.409. The Morgan fingerprint density at radius 1 is 1.14 bits per heavy atom. The molecule has 0 aliphatic carbocycles. The van der Waals surface area contributed by atoms with Gasteiger partial charge < -0.3 is 4.90 Å². The van der Waals surface area contributed by atoms with E-state index in [0.29, 0.717) is 16.2 Å². The Morgan fingerprint density at radius 3 is 2.59 bits per heavy atom. The SMILES string of the molecule is CC(C)C1=CC=C[SH]1c1ccc(-c2csc(N3CCCCC3)n2)cc1C(F)(F)F. The first-order valence-electron chi connectivity index (χ1n) is 9.94. The van der Waals surface area contributed by atoms with Crippen molar-refractivity contribution in [2.75, 3.05) is 18.0 Å². The molecule has 2 aromatic rings. The molecule has 0 saturated carbocycles. The van der Waals surface area contributed by atoms with Crippen molar-refractivity contribution in [3.8, 4) is 11.3 Å². The topological polar surface area (TPSA) is 16.1 Å². The lowest BCUT2D eigenvalue weighted by Gasteiger charge is -2.26. The van der Waals surface area contributed by atoms with Gasteiger partial charge >= 0.3 is 6.18 Å². The molecule has 2 nitrogen and oxygen atoms in total. The second-order valence-corrected chi connectivity index (χ2v) is 10.6. The molecule has 2 aliphatic rings. The highest BCUT2D eigenvalue weighted by atomic mass is 32.2. The fourth-order valence-corrected chi connectivity index (χ4v) is 7.09. The highest BCUT2D eigenvalue weighted by Gasteiger charge is 2.36. The van der Waals surface area contributed by atoms with Crippen LogP contribution in [0.4, 0.5) is 18.3 Å². The number of piperidine rings is 1. The molecular formula is C22H25F3N2S2. The molecule has 0 N–H and O–H groups in total. The van der Waals surface area contributed by atoms with Gasteiger partial charge in [-0.3, -0.25) is 0 Å². The summed E-state index contributed by atoms with van der Waals surface area (Å²) in [6, 6.07) is 4.75. The number of aromatic nitrogens is 1. The Labute approximate surface area is 176 Å². The zero-order chi connectivity index (χ0) is 20.6. The number of alkyl halides is 3. The monoisotopic (exact) mass is 438 g/mol. The summed E-state index contributed by atoms with van der Waals surface area (Å²) in [6.07, 6.45) is 2.98. The van der Waals surface area contributed by atoms with Crippen molar-refractivity contribution in [3.05, 3.63) is 51.6 Å². The lowest BCUT2D eigenvalue weighted by atomic mass is 10.1. The molecule has 0 amide bonds. The van der Waals surface area contributed by atoms with Crippen LogP contribution in [-0.4, -0.2) is 18.1 Å². The molecule has 0 spiro atoms. The predicted octanol–water partition coefficient (Wildman–Crippen LogP) is 7.25. The van der Waals surface area contributed by atoms with Gasteiger partial charge in [-0.2, -0.15) is 24.1 Å². The molecule has 1 saturated heterocycles. The van der Waals surface area contributed by atoms with Crippen LogP contribution >= 0.6 is 22.2 Å². The van der Waals surface area contributed by atoms with Gasteiger partial charge in [-0.25, -0.2) is 4.98 Å². The lowest BCUT2D eigenvalue weighted by molar-refractivity contribution is -0.139. The van der Waals surface area contributed by atoms with Gasteiger partial charge in [-0.1, -0.05) is 32.1 Å². The summed E-state index contributed by atoms with van der Waals surface area (Å²) in [5.41, 5.74) is 0.627. The van der Waals surface area contributed by atoms with Gasteiger partial charge in [0, 0.05) is 28.9 Å². The average Bonchev–Trinajstić information content (AvgIpc) is 3.37. The average molecular weight is 439 g/mol.